The largest absolute Gasteiger partial charge is 0.342 e. The fourth-order valence-electron chi connectivity index (χ4n) is 2.86. The molecule has 1 unspecified atom stereocenters. The van der Waals surface area contributed by atoms with E-state index in [9.17, 15) is 4.79 Å². The molecule has 3 heteroatoms. The van der Waals surface area contributed by atoms with E-state index in [1.807, 2.05) is 4.90 Å². The summed E-state index contributed by atoms with van der Waals surface area (Å²) in [6, 6.07) is 0. The lowest BCUT2D eigenvalue weighted by Crippen LogP contribution is -2.40. The van der Waals surface area contributed by atoms with Crippen LogP contribution in [0.15, 0.2) is 12.2 Å². The molecular weight excluding hydrogens is 224 g/mol. The van der Waals surface area contributed by atoms with E-state index >= 15 is 0 Å². The van der Waals surface area contributed by atoms with Crippen molar-refractivity contribution in [2.75, 3.05) is 26.2 Å². The van der Waals surface area contributed by atoms with Gasteiger partial charge in [0.05, 0.1) is 6.54 Å². The van der Waals surface area contributed by atoms with Crippen LogP contribution in [0.1, 0.15) is 44.9 Å². The first-order valence-corrected chi connectivity index (χ1v) is 7.50. The van der Waals surface area contributed by atoms with Crippen LogP contribution in [0.5, 0.6) is 0 Å². The average molecular weight is 250 g/mol. The molecular formula is C15H26N2O. The molecule has 18 heavy (non-hydrogen) atoms. The number of likely N-dealkylation sites (tertiary alicyclic amines) is 1. The van der Waals surface area contributed by atoms with Crippen molar-refractivity contribution >= 4 is 5.91 Å². The third-order valence-electron chi connectivity index (χ3n) is 4.05. The Balaban J connectivity index is 1.62. The molecule has 0 radical (unpaired) electrons. The molecule has 1 N–H and O–H groups in total. The Morgan fingerprint density at radius 3 is 2.61 bits per heavy atom. The summed E-state index contributed by atoms with van der Waals surface area (Å²) in [4.78, 5) is 14.1. The molecule has 1 aliphatic heterocycles. The summed E-state index contributed by atoms with van der Waals surface area (Å²) < 4.78 is 0. The highest BCUT2D eigenvalue weighted by atomic mass is 16.2. The van der Waals surface area contributed by atoms with Crippen molar-refractivity contribution < 1.29 is 4.79 Å². The first-order chi connectivity index (χ1) is 8.86. The molecule has 1 atom stereocenters. The highest BCUT2D eigenvalue weighted by Gasteiger charge is 2.15. The monoisotopic (exact) mass is 250 g/mol. The molecule has 1 saturated heterocycles. The Bertz CT molecular complexity index is 280. The number of hydrogen-bond acceptors (Lipinski definition) is 2. The molecule has 1 fully saturated rings. The Hall–Kier alpha value is -0.830. The van der Waals surface area contributed by atoms with Crippen LogP contribution in [0.25, 0.3) is 0 Å². The lowest BCUT2D eigenvalue weighted by Gasteiger charge is -2.22. The van der Waals surface area contributed by atoms with Crippen molar-refractivity contribution in [2.24, 2.45) is 5.92 Å². The summed E-state index contributed by atoms with van der Waals surface area (Å²) >= 11 is 0. The third-order valence-corrected chi connectivity index (χ3v) is 4.05. The lowest BCUT2D eigenvalue weighted by atomic mass is 9.94. The maximum absolute atomic E-state index is 12.0. The van der Waals surface area contributed by atoms with Gasteiger partial charge < -0.3 is 10.2 Å². The standard InChI is InChI=1S/C15H26N2O/c18-15(17-10-6-1-2-7-11-17)13-16-12-14-8-4-3-5-9-14/h3-4,14,16H,1-2,5-13H2. The number of hydrogen-bond donors (Lipinski definition) is 1. The molecule has 1 heterocycles. The van der Waals surface area contributed by atoms with Crippen molar-refractivity contribution in [3.8, 4) is 0 Å². The van der Waals surface area contributed by atoms with Crippen LogP contribution in [0.4, 0.5) is 0 Å². The van der Waals surface area contributed by atoms with Crippen molar-refractivity contribution in [3.63, 3.8) is 0 Å². The Labute approximate surface area is 111 Å². The fraction of sp³-hybridized carbons (Fsp3) is 0.800. The first-order valence-electron chi connectivity index (χ1n) is 7.50. The van der Waals surface area contributed by atoms with Gasteiger partial charge in [-0.15, -0.1) is 0 Å². The van der Waals surface area contributed by atoms with E-state index in [-0.39, 0.29) is 0 Å². The molecule has 2 rings (SSSR count). The second-order valence-corrected chi connectivity index (χ2v) is 5.58. The molecule has 1 aliphatic carbocycles. The Morgan fingerprint density at radius 1 is 1.17 bits per heavy atom. The van der Waals surface area contributed by atoms with Crippen molar-refractivity contribution in [3.05, 3.63) is 12.2 Å². The molecule has 0 aromatic heterocycles. The van der Waals surface area contributed by atoms with Crippen LogP contribution in [-0.2, 0) is 4.79 Å². The van der Waals surface area contributed by atoms with Crippen molar-refractivity contribution in [1.82, 2.24) is 10.2 Å². The highest BCUT2D eigenvalue weighted by Crippen LogP contribution is 2.16. The molecule has 0 saturated carbocycles. The molecule has 0 aromatic carbocycles. The van der Waals surface area contributed by atoms with Gasteiger partial charge >= 0.3 is 0 Å². The SMILES string of the molecule is O=C(CNCC1CC=CCC1)N1CCCCCC1. The van der Waals surface area contributed by atoms with Crippen LogP contribution in [-0.4, -0.2) is 37.0 Å². The zero-order chi connectivity index (χ0) is 12.6. The maximum atomic E-state index is 12.0. The predicted molar refractivity (Wildman–Crippen MR) is 74.4 cm³/mol. The zero-order valence-electron chi connectivity index (χ0n) is 11.4. The quantitative estimate of drug-likeness (QED) is 0.777. The Morgan fingerprint density at radius 2 is 1.94 bits per heavy atom. The number of nitrogens with zero attached hydrogens (tertiary/aromatic N) is 1. The number of allylic oxidation sites excluding steroid dienone is 2. The van der Waals surface area contributed by atoms with Crippen LogP contribution in [0, 0.1) is 5.92 Å². The number of carbonyl (C=O) groups excluding carboxylic acids is 1. The van der Waals surface area contributed by atoms with Gasteiger partial charge in [0.15, 0.2) is 0 Å². The Kier molecular flexibility index (Phi) is 5.72. The molecule has 3 nitrogen and oxygen atoms in total. The predicted octanol–water partition coefficient (Wildman–Crippen LogP) is 2.33. The molecule has 0 aromatic rings. The zero-order valence-corrected chi connectivity index (χ0v) is 11.4. The van der Waals surface area contributed by atoms with E-state index in [2.05, 4.69) is 17.5 Å². The van der Waals surface area contributed by atoms with Crippen LogP contribution >= 0.6 is 0 Å². The number of amides is 1. The minimum absolute atomic E-state index is 0.295. The summed E-state index contributed by atoms with van der Waals surface area (Å²) in [5.74, 6) is 1.02. The van der Waals surface area contributed by atoms with E-state index < -0.39 is 0 Å². The summed E-state index contributed by atoms with van der Waals surface area (Å²) in [7, 11) is 0. The van der Waals surface area contributed by atoms with Crippen molar-refractivity contribution in [2.45, 2.75) is 44.9 Å². The molecule has 0 bridgehead atoms. The van der Waals surface area contributed by atoms with E-state index in [1.54, 1.807) is 0 Å². The van der Waals surface area contributed by atoms with E-state index in [4.69, 9.17) is 0 Å². The minimum Gasteiger partial charge on any atom is -0.342 e. The smallest absolute Gasteiger partial charge is 0.236 e. The van der Waals surface area contributed by atoms with E-state index in [0.717, 1.165) is 25.6 Å². The van der Waals surface area contributed by atoms with Gasteiger partial charge in [-0.3, -0.25) is 4.79 Å². The molecule has 102 valence electrons. The van der Waals surface area contributed by atoms with Crippen LogP contribution in [0.2, 0.25) is 0 Å². The lowest BCUT2D eigenvalue weighted by molar-refractivity contribution is -0.130. The van der Waals surface area contributed by atoms with Gasteiger partial charge in [0.25, 0.3) is 0 Å². The van der Waals surface area contributed by atoms with Gasteiger partial charge in [0.1, 0.15) is 0 Å². The topological polar surface area (TPSA) is 32.3 Å². The summed E-state index contributed by atoms with van der Waals surface area (Å²) in [5, 5.41) is 3.35. The van der Waals surface area contributed by atoms with Crippen LogP contribution in [0.3, 0.4) is 0 Å². The van der Waals surface area contributed by atoms with E-state index in [0.29, 0.717) is 12.5 Å². The van der Waals surface area contributed by atoms with Crippen molar-refractivity contribution in [1.29, 1.82) is 0 Å². The first kappa shape index (κ1) is 13.6. The highest BCUT2D eigenvalue weighted by molar-refractivity contribution is 5.78. The second kappa shape index (κ2) is 7.57. The molecule has 0 spiro atoms. The molecule has 1 amide bonds. The average Bonchev–Trinajstić information content (AvgIpc) is 2.69. The fourth-order valence-corrected chi connectivity index (χ4v) is 2.86. The van der Waals surface area contributed by atoms with Gasteiger partial charge in [0, 0.05) is 13.1 Å². The van der Waals surface area contributed by atoms with Gasteiger partial charge in [-0.1, -0.05) is 25.0 Å². The van der Waals surface area contributed by atoms with E-state index in [1.165, 1.54) is 44.9 Å². The second-order valence-electron chi connectivity index (χ2n) is 5.58. The maximum Gasteiger partial charge on any atom is 0.236 e. The van der Waals surface area contributed by atoms with Gasteiger partial charge in [-0.2, -0.15) is 0 Å². The number of nitrogens with one attached hydrogen (secondary N) is 1. The minimum atomic E-state index is 0.295. The normalized spacial score (nSPS) is 24.9. The van der Waals surface area contributed by atoms with Gasteiger partial charge in [0.2, 0.25) is 5.91 Å². The van der Waals surface area contributed by atoms with Crippen LogP contribution < -0.4 is 5.32 Å². The number of carbonyl (C=O) groups is 1. The summed E-state index contributed by atoms with van der Waals surface area (Å²) in [6.45, 7) is 3.45. The van der Waals surface area contributed by atoms with Gasteiger partial charge in [-0.25, -0.2) is 0 Å². The third kappa shape index (κ3) is 4.45. The number of rotatable bonds is 4. The summed E-state index contributed by atoms with van der Waals surface area (Å²) in [6.07, 6.45) is 13.1. The van der Waals surface area contributed by atoms with Gasteiger partial charge in [-0.05, 0) is 44.6 Å². The molecule has 2 aliphatic rings. The summed E-state index contributed by atoms with van der Waals surface area (Å²) in [5.41, 5.74) is 0.